The average molecular weight is 506 g/mol. The number of sulfonamides is 1. The van der Waals surface area contributed by atoms with E-state index >= 15 is 0 Å². The fourth-order valence-corrected chi connectivity index (χ4v) is 3.49. The first-order chi connectivity index (χ1) is 15.7. The zero-order valence-corrected chi connectivity index (χ0v) is 19.4. The van der Waals surface area contributed by atoms with E-state index in [2.05, 4.69) is 10.6 Å². The monoisotopic (exact) mass is 505 g/mol. The molecule has 0 saturated heterocycles. The molecule has 12 heteroatoms. The van der Waals surface area contributed by atoms with Crippen LogP contribution in [-0.2, 0) is 21.0 Å². The van der Waals surface area contributed by atoms with Gasteiger partial charge in [-0.05, 0) is 54.8 Å². The van der Waals surface area contributed by atoms with Crippen LogP contribution >= 0.6 is 0 Å². The maximum absolute atomic E-state index is 14.2. The average Bonchev–Trinajstić information content (AvgIpc) is 2.72. The molecule has 2 aromatic carbocycles. The van der Waals surface area contributed by atoms with Gasteiger partial charge < -0.3 is 10.6 Å². The van der Waals surface area contributed by atoms with Crippen molar-refractivity contribution in [2.24, 2.45) is 0 Å². The van der Waals surface area contributed by atoms with E-state index in [-0.39, 0.29) is 11.3 Å². The largest absolute Gasteiger partial charge is 0.416 e. The minimum atomic E-state index is -4.52. The Balaban J connectivity index is 2.18. The van der Waals surface area contributed by atoms with Gasteiger partial charge in [-0.25, -0.2) is 17.2 Å². The summed E-state index contributed by atoms with van der Waals surface area (Å²) in [6.45, 7) is 3.73. The van der Waals surface area contributed by atoms with Crippen molar-refractivity contribution < 1.29 is 35.2 Å². The van der Waals surface area contributed by atoms with Crippen molar-refractivity contribution >= 4 is 33.4 Å². The third kappa shape index (κ3) is 7.72. The fraction of sp³-hybridized carbons (Fsp3) is 0.318. The summed E-state index contributed by atoms with van der Waals surface area (Å²) in [4.78, 5) is 12.3. The van der Waals surface area contributed by atoms with Gasteiger partial charge in [-0.1, -0.05) is 13.0 Å². The molecular weight excluding hydrogens is 481 g/mol. The van der Waals surface area contributed by atoms with E-state index in [9.17, 15) is 35.2 Å². The van der Waals surface area contributed by atoms with Crippen molar-refractivity contribution in [3.05, 3.63) is 64.7 Å². The van der Waals surface area contributed by atoms with Crippen molar-refractivity contribution in [2.75, 3.05) is 22.8 Å². The SMILES string of the molecule is CCCNc1cc(C(F)(F)F)ccc1/C=C/C(=O)N[C@H](C)c1cc(F)c(NS(C)(=O)=O)c(F)c1. The van der Waals surface area contributed by atoms with E-state index in [0.29, 0.717) is 18.5 Å². The molecule has 0 bridgehead atoms. The zero-order valence-electron chi connectivity index (χ0n) is 18.6. The van der Waals surface area contributed by atoms with Crippen molar-refractivity contribution in [3.63, 3.8) is 0 Å². The van der Waals surface area contributed by atoms with Gasteiger partial charge in [0.05, 0.1) is 17.9 Å². The number of hydrogen-bond donors (Lipinski definition) is 3. The number of alkyl halides is 3. The van der Waals surface area contributed by atoms with E-state index in [1.807, 2.05) is 6.92 Å². The second-order valence-electron chi connectivity index (χ2n) is 7.52. The lowest BCUT2D eigenvalue weighted by Crippen LogP contribution is -2.25. The minimum Gasteiger partial charge on any atom is -0.385 e. The first kappa shape index (κ1) is 27.1. The Hall–Kier alpha value is -3.15. The van der Waals surface area contributed by atoms with Gasteiger partial charge in [0.2, 0.25) is 15.9 Å². The predicted octanol–water partition coefficient (Wildman–Crippen LogP) is 5.07. The smallest absolute Gasteiger partial charge is 0.385 e. The summed E-state index contributed by atoms with van der Waals surface area (Å²) in [5.74, 6) is -2.98. The molecule has 2 aromatic rings. The van der Waals surface area contributed by atoms with Gasteiger partial charge in [0.25, 0.3) is 0 Å². The summed E-state index contributed by atoms with van der Waals surface area (Å²) in [5, 5.41) is 5.37. The van der Waals surface area contributed by atoms with Crippen LogP contribution < -0.4 is 15.4 Å². The quantitative estimate of drug-likeness (QED) is 0.328. The van der Waals surface area contributed by atoms with Crippen LogP contribution in [0.25, 0.3) is 6.08 Å². The van der Waals surface area contributed by atoms with Crippen molar-refractivity contribution in [1.82, 2.24) is 5.32 Å². The highest BCUT2D eigenvalue weighted by molar-refractivity contribution is 7.92. The molecule has 0 aromatic heterocycles. The molecule has 34 heavy (non-hydrogen) atoms. The molecule has 0 fully saturated rings. The molecule has 2 rings (SSSR count). The number of nitrogens with one attached hydrogen (secondary N) is 3. The Morgan fingerprint density at radius 2 is 1.74 bits per heavy atom. The molecule has 0 aliphatic rings. The lowest BCUT2D eigenvalue weighted by atomic mass is 10.1. The van der Waals surface area contributed by atoms with Gasteiger partial charge in [-0.15, -0.1) is 0 Å². The number of carbonyl (C=O) groups is 1. The lowest BCUT2D eigenvalue weighted by Gasteiger charge is -2.16. The zero-order chi connectivity index (χ0) is 25.7. The van der Waals surface area contributed by atoms with Crippen molar-refractivity contribution in [3.8, 4) is 0 Å². The summed E-state index contributed by atoms with van der Waals surface area (Å²) in [6.07, 6.45) is -0.699. The standard InChI is InChI=1S/C22H24F5N3O3S/c1-4-9-28-19-12-16(22(25,26)27)7-5-14(19)6-8-20(31)29-13(2)15-10-17(23)21(18(24)11-15)30-34(3,32)33/h5-8,10-13,28,30H,4,9H2,1-3H3,(H,29,31)/b8-6+/t13-/m1/s1. The van der Waals surface area contributed by atoms with Crippen LogP contribution in [0.1, 0.15) is 43.0 Å². The Kier molecular flexibility index (Phi) is 8.65. The van der Waals surface area contributed by atoms with E-state index in [1.54, 1.807) is 4.72 Å². The normalized spacial score (nSPS) is 13.1. The van der Waals surface area contributed by atoms with Gasteiger partial charge in [0, 0.05) is 18.3 Å². The summed E-state index contributed by atoms with van der Waals surface area (Å²) in [6, 6.07) is 3.98. The molecular formula is C22H24F5N3O3S. The topological polar surface area (TPSA) is 87.3 Å². The summed E-state index contributed by atoms with van der Waals surface area (Å²) >= 11 is 0. The molecule has 0 heterocycles. The first-order valence-electron chi connectivity index (χ1n) is 10.1. The van der Waals surface area contributed by atoms with Crippen molar-refractivity contribution in [1.29, 1.82) is 0 Å². The highest BCUT2D eigenvalue weighted by atomic mass is 32.2. The Morgan fingerprint density at radius 1 is 1.12 bits per heavy atom. The fourth-order valence-electron chi connectivity index (χ4n) is 2.93. The van der Waals surface area contributed by atoms with Crippen LogP contribution in [0.4, 0.5) is 33.3 Å². The van der Waals surface area contributed by atoms with Crippen LogP contribution in [0.15, 0.2) is 36.4 Å². The second-order valence-corrected chi connectivity index (χ2v) is 9.27. The molecule has 1 atom stereocenters. The molecule has 0 saturated carbocycles. The number of carbonyl (C=O) groups excluding carboxylic acids is 1. The second kappa shape index (κ2) is 10.9. The molecule has 0 aliphatic heterocycles. The molecule has 0 unspecified atom stereocenters. The number of halogens is 5. The van der Waals surface area contributed by atoms with Gasteiger partial charge in [0.1, 0.15) is 5.69 Å². The molecule has 0 spiro atoms. The summed E-state index contributed by atoms with van der Waals surface area (Å²) in [5.41, 5.74) is -1.08. The number of amides is 1. The molecule has 186 valence electrons. The highest BCUT2D eigenvalue weighted by Crippen LogP contribution is 2.32. The highest BCUT2D eigenvalue weighted by Gasteiger charge is 2.30. The van der Waals surface area contributed by atoms with Crippen LogP contribution in [0.5, 0.6) is 0 Å². The molecule has 0 aliphatic carbocycles. The molecule has 3 N–H and O–H groups in total. The van der Waals surface area contributed by atoms with E-state index in [1.165, 1.54) is 19.1 Å². The predicted molar refractivity (Wildman–Crippen MR) is 121 cm³/mol. The first-order valence-corrected chi connectivity index (χ1v) is 12.0. The third-order valence-corrected chi connectivity index (χ3v) is 5.15. The van der Waals surface area contributed by atoms with Crippen LogP contribution in [0.3, 0.4) is 0 Å². The Bertz CT molecular complexity index is 1160. The number of anilines is 2. The lowest BCUT2D eigenvalue weighted by molar-refractivity contribution is -0.137. The van der Waals surface area contributed by atoms with Gasteiger partial charge in [-0.3, -0.25) is 9.52 Å². The van der Waals surface area contributed by atoms with E-state index < -0.39 is 51.0 Å². The van der Waals surface area contributed by atoms with Gasteiger partial charge in [0.15, 0.2) is 11.6 Å². The Labute approximate surface area is 194 Å². The maximum Gasteiger partial charge on any atom is 0.416 e. The van der Waals surface area contributed by atoms with E-state index in [4.69, 9.17) is 0 Å². The number of rotatable bonds is 9. The summed E-state index contributed by atoms with van der Waals surface area (Å²) < 4.78 is 91.6. The van der Waals surface area contributed by atoms with Crippen LogP contribution in [0.2, 0.25) is 0 Å². The number of hydrogen-bond acceptors (Lipinski definition) is 4. The van der Waals surface area contributed by atoms with Gasteiger partial charge >= 0.3 is 6.18 Å². The molecule has 1 amide bonds. The summed E-state index contributed by atoms with van der Waals surface area (Å²) in [7, 11) is -3.90. The minimum absolute atomic E-state index is 0.0376. The van der Waals surface area contributed by atoms with Crippen LogP contribution in [-0.4, -0.2) is 27.1 Å². The van der Waals surface area contributed by atoms with Crippen molar-refractivity contribution in [2.45, 2.75) is 32.5 Å². The third-order valence-electron chi connectivity index (χ3n) is 4.57. The number of benzene rings is 2. The van der Waals surface area contributed by atoms with Crippen LogP contribution in [0, 0.1) is 11.6 Å². The van der Waals surface area contributed by atoms with Gasteiger partial charge in [-0.2, -0.15) is 13.2 Å². The van der Waals surface area contributed by atoms with E-state index in [0.717, 1.165) is 36.6 Å². The molecule has 6 nitrogen and oxygen atoms in total. The molecule has 0 radical (unpaired) electrons. The Morgan fingerprint density at radius 3 is 2.26 bits per heavy atom. The maximum atomic E-state index is 14.2.